The van der Waals surface area contributed by atoms with Crippen LogP contribution in [0.5, 0.6) is 0 Å². The number of hydrogen-bond donors (Lipinski definition) is 2. The number of nitrogens with zero attached hydrogens (tertiary/aromatic N) is 4. The molecule has 0 unspecified atom stereocenters. The maximum Gasteiger partial charge on any atom is 0.169 e. The van der Waals surface area contributed by atoms with E-state index in [0.29, 0.717) is 5.82 Å². The molecule has 0 saturated heterocycles. The van der Waals surface area contributed by atoms with Crippen molar-refractivity contribution >= 4 is 39.4 Å². The maximum absolute atomic E-state index is 10.5. The molecule has 0 atom stereocenters. The third-order valence-electron chi connectivity index (χ3n) is 4.11. The summed E-state index contributed by atoms with van der Waals surface area (Å²) >= 11 is 1.38. The predicted octanol–water partition coefficient (Wildman–Crippen LogP) is 4.03. The number of aliphatic hydroxyl groups excluding tert-OH is 1. The summed E-state index contributed by atoms with van der Waals surface area (Å²) in [5, 5.41) is 20.7. The van der Waals surface area contributed by atoms with Crippen molar-refractivity contribution in [3.05, 3.63) is 60.1 Å². The van der Waals surface area contributed by atoms with Gasteiger partial charge in [0, 0.05) is 7.05 Å². The lowest BCUT2D eigenvalue weighted by molar-refractivity contribution is 0.420. The number of aromatic nitrogens is 4. The van der Waals surface area contributed by atoms with Crippen LogP contribution in [0, 0.1) is 11.3 Å². The van der Waals surface area contributed by atoms with Gasteiger partial charge in [-0.2, -0.15) is 5.26 Å². The molecule has 0 aliphatic heterocycles. The fourth-order valence-electron chi connectivity index (χ4n) is 2.78. The molecule has 0 bridgehead atoms. The highest BCUT2D eigenvalue weighted by molar-refractivity contribution is 7.99. The van der Waals surface area contributed by atoms with Gasteiger partial charge in [-0.25, -0.2) is 9.97 Å². The Kier molecular flexibility index (Phi) is 4.11. The third kappa shape index (κ3) is 2.80. The van der Waals surface area contributed by atoms with E-state index in [1.165, 1.54) is 11.8 Å². The number of imidazole rings is 2. The van der Waals surface area contributed by atoms with E-state index < -0.39 is 0 Å². The summed E-state index contributed by atoms with van der Waals surface area (Å²) in [6.45, 7) is 0. The average Bonchev–Trinajstić information content (AvgIpc) is 3.22. The number of aromatic amines is 1. The summed E-state index contributed by atoms with van der Waals surface area (Å²) in [6.07, 6.45) is 0. The summed E-state index contributed by atoms with van der Waals surface area (Å²) < 4.78 is 1.97. The maximum atomic E-state index is 10.5. The molecule has 2 N–H and O–H groups in total. The Bertz CT molecular complexity index is 1150. The molecule has 26 heavy (non-hydrogen) atoms. The Hall–Kier alpha value is -3.24. The lowest BCUT2D eigenvalue weighted by Crippen LogP contribution is -1.97. The fourth-order valence-corrected chi connectivity index (χ4v) is 3.65. The van der Waals surface area contributed by atoms with E-state index in [1.807, 2.05) is 60.1 Å². The molecule has 0 spiro atoms. The standard InChI is InChI=1S/C19H15N5OS/c1-24-16-9-5-4-8-15(16)23-19(24)26-11-17(25)12(10-20)18-21-13-6-2-3-7-14(13)22-18/h2-9,25H,11H2,1H3,(H,21,22)/b17-12-. The molecule has 7 heteroatoms. The molecule has 2 heterocycles. The second-order valence-corrected chi connectivity index (χ2v) is 6.71. The summed E-state index contributed by atoms with van der Waals surface area (Å²) in [5.41, 5.74) is 3.65. The van der Waals surface area contributed by atoms with Crippen LogP contribution in [0.3, 0.4) is 0 Å². The van der Waals surface area contributed by atoms with Gasteiger partial charge < -0.3 is 14.7 Å². The van der Waals surface area contributed by atoms with Crippen molar-refractivity contribution in [2.24, 2.45) is 7.05 Å². The van der Waals surface area contributed by atoms with E-state index in [2.05, 4.69) is 21.0 Å². The van der Waals surface area contributed by atoms with Gasteiger partial charge in [0.2, 0.25) is 0 Å². The summed E-state index contributed by atoms with van der Waals surface area (Å²) in [4.78, 5) is 12.0. The minimum absolute atomic E-state index is 0.0244. The monoisotopic (exact) mass is 361 g/mol. The number of benzene rings is 2. The van der Waals surface area contributed by atoms with Crippen LogP contribution in [0.2, 0.25) is 0 Å². The van der Waals surface area contributed by atoms with E-state index >= 15 is 0 Å². The van der Waals surface area contributed by atoms with Gasteiger partial charge >= 0.3 is 0 Å². The number of para-hydroxylation sites is 4. The van der Waals surface area contributed by atoms with E-state index in [0.717, 1.165) is 27.2 Å². The van der Waals surface area contributed by atoms with Gasteiger partial charge in [0.15, 0.2) is 11.0 Å². The lowest BCUT2D eigenvalue weighted by Gasteiger charge is -2.03. The third-order valence-corrected chi connectivity index (χ3v) is 5.15. The van der Waals surface area contributed by atoms with E-state index in [9.17, 15) is 10.4 Å². The number of aliphatic hydroxyl groups is 1. The van der Waals surface area contributed by atoms with Gasteiger partial charge in [-0.05, 0) is 24.3 Å². The van der Waals surface area contributed by atoms with Crippen molar-refractivity contribution in [3.63, 3.8) is 0 Å². The number of aryl methyl sites for hydroxylation is 1. The van der Waals surface area contributed by atoms with Crippen LogP contribution in [-0.4, -0.2) is 30.4 Å². The van der Waals surface area contributed by atoms with Crippen molar-refractivity contribution in [3.8, 4) is 6.07 Å². The van der Waals surface area contributed by atoms with E-state index in [-0.39, 0.29) is 17.1 Å². The first-order chi connectivity index (χ1) is 12.7. The normalized spacial score (nSPS) is 12.3. The van der Waals surface area contributed by atoms with Crippen molar-refractivity contribution in [2.75, 3.05) is 5.75 Å². The number of nitrogens with one attached hydrogen (secondary N) is 1. The highest BCUT2D eigenvalue weighted by Gasteiger charge is 2.15. The Morgan fingerprint density at radius 2 is 1.88 bits per heavy atom. The molecule has 0 amide bonds. The smallest absolute Gasteiger partial charge is 0.169 e. The summed E-state index contributed by atoms with van der Waals surface area (Å²) in [5.74, 6) is 0.581. The summed E-state index contributed by atoms with van der Waals surface area (Å²) in [6, 6.07) is 17.4. The minimum atomic E-state index is -0.0244. The van der Waals surface area contributed by atoms with Crippen molar-refractivity contribution in [1.29, 1.82) is 5.26 Å². The molecule has 0 aliphatic rings. The largest absolute Gasteiger partial charge is 0.510 e. The quantitative estimate of drug-likeness (QED) is 0.325. The van der Waals surface area contributed by atoms with E-state index in [4.69, 9.17) is 0 Å². The molecule has 6 nitrogen and oxygen atoms in total. The SMILES string of the molecule is Cn1c(SC/C(O)=C(\C#N)c2nc3ccccc3[nH]2)nc2ccccc21. The number of rotatable bonds is 4. The second kappa shape index (κ2) is 6.58. The number of fused-ring (bicyclic) bond motifs is 2. The number of H-pyrrole nitrogens is 1. The molecule has 2 aromatic carbocycles. The second-order valence-electron chi connectivity index (χ2n) is 5.77. The molecule has 4 aromatic rings. The zero-order valence-electron chi connectivity index (χ0n) is 14.0. The number of hydrogen-bond acceptors (Lipinski definition) is 5. The minimum Gasteiger partial charge on any atom is -0.510 e. The van der Waals surface area contributed by atoms with Gasteiger partial charge in [0.1, 0.15) is 17.4 Å². The molecular formula is C19H15N5OS. The number of nitriles is 1. The average molecular weight is 361 g/mol. The molecule has 4 rings (SSSR count). The van der Waals surface area contributed by atoms with E-state index in [1.54, 1.807) is 0 Å². The van der Waals surface area contributed by atoms with Crippen molar-refractivity contribution in [2.45, 2.75) is 5.16 Å². The molecular weight excluding hydrogens is 346 g/mol. The van der Waals surface area contributed by atoms with Crippen molar-refractivity contribution < 1.29 is 5.11 Å². The Morgan fingerprint density at radius 1 is 1.15 bits per heavy atom. The highest BCUT2D eigenvalue weighted by Crippen LogP contribution is 2.26. The van der Waals surface area contributed by atoms with Crippen LogP contribution in [0.15, 0.2) is 59.4 Å². The molecule has 0 radical (unpaired) electrons. The Balaban J connectivity index is 1.63. The Morgan fingerprint density at radius 3 is 2.62 bits per heavy atom. The predicted molar refractivity (Wildman–Crippen MR) is 103 cm³/mol. The highest BCUT2D eigenvalue weighted by atomic mass is 32.2. The number of allylic oxidation sites excluding steroid dienone is 1. The topological polar surface area (TPSA) is 90.5 Å². The first-order valence-corrected chi connectivity index (χ1v) is 8.97. The Labute approximate surface area is 153 Å². The van der Waals surface area contributed by atoms with Gasteiger partial charge in [0.25, 0.3) is 0 Å². The molecule has 0 fully saturated rings. The molecule has 0 saturated carbocycles. The van der Waals surface area contributed by atoms with Crippen molar-refractivity contribution in [1.82, 2.24) is 19.5 Å². The van der Waals surface area contributed by atoms with Crippen LogP contribution in [-0.2, 0) is 7.05 Å². The number of thioether (sulfide) groups is 1. The van der Waals surface area contributed by atoms with Crippen LogP contribution >= 0.6 is 11.8 Å². The first kappa shape index (κ1) is 16.2. The van der Waals surface area contributed by atoms with Gasteiger partial charge in [-0.3, -0.25) is 0 Å². The van der Waals surface area contributed by atoms with Gasteiger partial charge in [0.05, 0.1) is 27.8 Å². The van der Waals surface area contributed by atoms with Crippen LogP contribution in [0.1, 0.15) is 5.82 Å². The van der Waals surface area contributed by atoms with Gasteiger partial charge in [-0.1, -0.05) is 36.0 Å². The van der Waals surface area contributed by atoms with Crippen LogP contribution < -0.4 is 0 Å². The molecule has 2 aromatic heterocycles. The fraction of sp³-hybridized carbons (Fsp3) is 0.105. The molecule has 0 aliphatic carbocycles. The first-order valence-electron chi connectivity index (χ1n) is 7.99. The van der Waals surface area contributed by atoms with Crippen LogP contribution in [0.4, 0.5) is 0 Å². The zero-order valence-corrected chi connectivity index (χ0v) is 14.8. The summed E-state index contributed by atoms with van der Waals surface area (Å²) in [7, 11) is 1.93. The van der Waals surface area contributed by atoms with Gasteiger partial charge in [-0.15, -0.1) is 0 Å². The zero-order chi connectivity index (χ0) is 18.1. The van der Waals surface area contributed by atoms with Crippen LogP contribution in [0.25, 0.3) is 27.6 Å². The lowest BCUT2D eigenvalue weighted by atomic mass is 10.2. The molecule has 128 valence electrons.